The molecule has 0 bridgehead atoms. The Hall–Kier alpha value is -1.05. The monoisotopic (exact) mass is 150 g/mol. The third-order valence-corrected chi connectivity index (χ3v) is 1.62. The van der Waals surface area contributed by atoms with Crippen LogP contribution in [0.5, 0.6) is 5.75 Å². The molecular formula is C9H7FO. The van der Waals surface area contributed by atoms with Crippen molar-refractivity contribution in [1.82, 2.24) is 0 Å². The van der Waals surface area contributed by atoms with Crippen molar-refractivity contribution < 1.29 is 9.13 Å². The lowest BCUT2D eigenvalue weighted by atomic mass is 10.1. The Bertz CT molecular complexity index is 270. The van der Waals surface area contributed by atoms with Crippen LogP contribution in [-0.4, -0.2) is 6.61 Å². The number of ether oxygens (including phenoxy) is 1. The van der Waals surface area contributed by atoms with Crippen molar-refractivity contribution in [3.05, 3.63) is 36.0 Å². The van der Waals surface area contributed by atoms with Gasteiger partial charge in [-0.25, -0.2) is 4.39 Å². The highest BCUT2D eigenvalue weighted by Gasteiger charge is 2.10. The second-order valence-electron chi connectivity index (χ2n) is 2.42. The Morgan fingerprint density at radius 3 is 3.27 bits per heavy atom. The summed E-state index contributed by atoms with van der Waals surface area (Å²) >= 11 is 0. The van der Waals surface area contributed by atoms with E-state index in [9.17, 15) is 4.39 Å². The smallest absolute Gasteiger partial charge is 0.126 e. The van der Waals surface area contributed by atoms with Crippen molar-refractivity contribution >= 4 is 0 Å². The van der Waals surface area contributed by atoms with E-state index in [1.165, 1.54) is 12.1 Å². The van der Waals surface area contributed by atoms with E-state index in [4.69, 9.17) is 4.74 Å². The van der Waals surface area contributed by atoms with Crippen LogP contribution in [0, 0.1) is 12.2 Å². The van der Waals surface area contributed by atoms with Gasteiger partial charge in [0.1, 0.15) is 11.6 Å². The predicted molar refractivity (Wildman–Crippen MR) is 38.9 cm³/mol. The maximum absolute atomic E-state index is 12.6. The quantitative estimate of drug-likeness (QED) is 0.550. The third-order valence-electron chi connectivity index (χ3n) is 1.62. The van der Waals surface area contributed by atoms with Crippen LogP contribution in [0.2, 0.25) is 0 Å². The van der Waals surface area contributed by atoms with E-state index in [-0.39, 0.29) is 5.82 Å². The summed E-state index contributed by atoms with van der Waals surface area (Å²) in [6, 6.07) is 4.49. The van der Waals surface area contributed by atoms with Crippen LogP contribution in [0.3, 0.4) is 0 Å². The molecule has 1 aromatic rings. The van der Waals surface area contributed by atoms with Crippen molar-refractivity contribution in [3.63, 3.8) is 0 Å². The van der Waals surface area contributed by atoms with Crippen molar-refractivity contribution in [2.24, 2.45) is 0 Å². The second kappa shape index (κ2) is 2.53. The number of benzene rings is 1. The molecule has 0 amide bonds. The first kappa shape index (κ1) is 6.65. The predicted octanol–water partition coefficient (Wildman–Crippen LogP) is 2.04. The fourth-order valence-electron chi connectivity index (χ4n) is 1.11. The summed E-state index contributed by atoms with van der Waals surface area (Å²) in [5.74, 6) is 0.351. The molecule has 0 unspecified atom stereocenters. The van der Waals surface area contributed by atoms with Crippen LogP contribution < -0.4 is 4.74 Å². The maximum atomic E-state index is 12.6. The average molecular weight is 150 g/mol. The van der Waals surface area contributed by atoms with Crippen LogP contribution in [-0.2, 0) is 0 Å². The minimum absolute atomic E-state index is 0.257. The number of hydrogen-bond donors (Lipinski definition) is 0. The Morgan fingerprint density at radius 1 is 1.45 bits per heavy atom. The molecule has 56 valence electrons. The standard InChI is InChI=1S/C9H7FO/c10-8-4-3-7-2-1-5-11-9(7)6-8/h3-4,6H,1,5H2. The summed E-state index contributed by atoms with van der Waals surface area (Å²) in [5, 5.41) is 0. The van der Waals surface area contributed by atoms with Crippen LogP contribution in [0.25, 0.3) is 0 Å². The molecule has 0 atom stereocenters. The van der Waals surface area contributed by atoms with Crippen molar-refractivity contribution in [2.75, 3.05) is 6.61 Å². The van der Waals surface area contributed by atoms with Gasteiger partial charge in [-0.15, -0.1) is 0 Å². The molecule has 2 radical (unpaired) electrons. The first-order valence-corrected chi connectivity index (χ1v) is 3.52. The molecule has 1 aliphatic heterocycles. The molecule has 1 heterocycles. The zero-order valence-electron chi connectivity index (χ0n) is 5.93. The van der Waals surface area contributed by atoms with Crippen LogP contribution in [0.4, 0.5) is 4.39 Å². The van der Waals surface area contributed by atoms with Gasteiger partial charge in [-0.3, -0.25) is 0 Å². The van der Waals surface area contributed by atoms with E-state index in [0.717, 1.165) is 12.0 Å². The summed E-state index contributed by atoms with van der Waals surface area (Å²) in [5.41, 5.74) is 0.873. The van der Waals surface area contributed by atoms with Gasteiger partial charge in [0.25, 0.3) is 0 Å². The van der Waals surface area contributed by atoms with E-state index in [1.807, 2.05) is 0 Å². The van der Waals surface area contributed by atoms with E-state index in [0.29, 0.717) is 12.4 Å². The fraction of sp³-hybridized carbons (Fsp3) is 0.222. The number of hydrogen-bond acceptors (Lipinski definition) is 1. The van der Waals surface area contributed by atoms with Gasteiger partial charge in [0.2, 0.25) is 0 Å². The Morgan fingerprint density at radius 2 is 2.36 bits per heavy atom. The highest BCUT2D eigenvalue weighted by atomic mass is 19.1. The Kier molecular flexibility index (Phi) is 1.53. The lowest BCUT2D eigenvalue weighted by Gasteiger charge is -2.15. The summed E-state index contributed by atoms with van der Waals surface area (Å²) in [6.07, 6.45) is 3.89. The molecule has 0 N–H and O–H groups in total. The third kappa shape index (κ3) is 1.20. The Labute approximate surface area is 64.8 Å². The highest BCUT2D eigenvalue weighted by Crippen LogP contribution is 2.26. The van der Waals surface area contributed by atoms with E-state index < -0.39 is 0 Å². The normalized spacial score (nSPS) is 15.4. The summed E-state index contributed by atoms with van der Waals surface area (Å²) < 4.78 is 17.8. The first-order valence-electron chi connectivity index (χ1n) is 3.52. The molecule has 1 aliphatic rings. The van der Waals surface area contributed by atoms with Crippen molar-refractivity contribution in [3.8, 4) is 5.75 Å². The van der Waals surface area contributed by atoms with Crippen LogP contribution in [0.15, 0.2) is 18.2 Å². The molecule has 2 rings (SSSR count). The minimum atomic E-state index is -0.257. The number of fused-ring (bicyclic) bond motifs is 1. The molecule has 2 heteroatoms. The molecule has 0 saturated carbocycles. The lowest BCUT2D eigenvalue weighted by Crippen LogP contribution is -2.06. The topological polar surface area (TPSA) is 9.23 Å². The second-order valence-corrected chi connectivity index (χ2v) is 2.42. The summed E-state index contributed by atoms with van der Waals surface area (Å²) in [7, 11) is 0. The lowest BCUT2D eigenvalue weighted by molar-refractivity contribution is 0.304. The zero-order chi connectivity index (χ0) is 7.68. The SMILES string of the molecule is Fc1ccc2c(c1)OCC[C]2. The maximum Gasteiger partial charge on any atom is 0.126 e. The zero-order valence-corrected chi connectivity index (χ0v) is 5.93. The molecule has 0 spiro atoms. The van der Waals surface area contributed by atoms with Gasteiger partial charge in [0.15, 0.2) is 0 Å². The summed E-state index contributed by atoms with van der Waals surface area (Å²) in [6.45, 7) is 0.608. The number of rotatable bonds is 0. The summed E-state index contributed by atoms with van der Waals surface area (Å²) in [4.78, 5) is 0. The van der Waals surface area contributed by atoms with Crippen LogP contribution in [0.1, 0.15) is 12.0 Å². The van der Waals surface area contributed by atoms with E-state index in [1.54, 1.807) is 6.07 Å². The molecule has 0 saturated heterocycles. The first-order chi connectivity index (χ1) is 5.36. The Balaban J connectivity index is 2.43. The van der Waals surface area contributed by atoms with Gasteiger partial charge in [0, 0.05) is 18.1 Å². The molecule has 0 fully saturated rings. The molecule has 1 aromatic carbocycles. The van der Waals surface area contributed by atoms with Gasteiger partial charge >= 0.3 is 0 Å². The highest BCUT2D eigenvalue weighted by molar-refractivity contribution is 5.40. The fourth-order valence-corrected chi connectivity index (χ4v) is 1.11. The largest absolute Gasteiger partial charge is 0.493 e. The molecular weight excluding hydrogens is 143 g/mol. The molecule has 0 aromatic heterocycles. The van der Waals surface area contributed by atoms with Gasteiger partial charge in [-0.05, 0) is 12.5 Å². The van der Waals surface area contributed by atoms with Crippen molar-refractivity contribution in [2.45, 2.75) is 6.42 Å². The van der Waals surface area contributed by atoms with Gasteiger partial charge in [-0.2, -0.15) is 0 Å². The molecule has 0 aliphatic carbocycles. The van der Waals surface area contributed by atoms with E-state index >= 15 is 0 Å². The van der Waals surface area contributed by atoms with Gasteiger partial charge < -0.3 is 4.74 Å². The minimum Gasteiger partial charge on any atom is -0.493 e. The van der Waals surface area contributed by atoms with Crippen LogP contribution >= 0.6 is 0 Å². The van der Waals surface area contributed by atoms with E-state index in [2.05, 4.69) is 6.42 Å². The molecule has 1 nitrogen and oxygen atoms in total. The molecule has 11 heavy (non-hydrogen) atoms. The van der Waals surface area contributed by atoms with Gasteiger partial charge in [0.05, 0.1) is 6.61 Å². The van der Waals surface area contributed by atoms with Gasteiger partial charge in [-0.1, -0.05) is 6.07 Å². The van der Waals surface area contributed by atoms with Crippen molar-refractivity contribution in [1.29, 1.82) is 0 Å². The number of halogens is 1. The average Bonchev–Trinajstić information content (AvgIpc) is 2.04.